The molecule has 0 spiro atoms. The predicted octanol–water partition coefficient (Wildman–Crippen LogP) is 2.46. The van der Waals surface area contributed by atoms with Gasteiger partial charge in [0, 0.05) is 17.8 Å². The molecule has 0 bridgehead atoms. The molecule has 90 valence electrons. The molecule has 0 unspecified atom stereocenters. The van der Waals surface area contributed by atoms with E-state index in [9.17, 15) is 8.78 Å². The van der Waals surface area contributed by atoms with Crippen LogP contribution in [0.1, 0.15) is 12.6 Å². The van der Waals surface area contributed by atoms with Crippen LogP contribution in [0, 0.1) is 11.6 Å². The molecule has 2 N–H and O–H groups in total. The van der Waals surface area contributed by atoms with Crippen LogP contribution in [0.25, 0.3) is 11.3 Å². The minimum atomic E-state index is -0.867. The highest BCUT2D eigenvalue weighted by Gasteiger charge is 2.12. The summed E-state index contributed by atoms with van der Waals surface area (Å²) >= 11 is 0. The Morgan fingerprint density at radius 1 is 1.35 bits per heavy atom. The standard InChI is InChI=1S/C12H13F2N3/c1-2-15-7-8-6-11(17-16-8)9-4-3-5-10(13)12(9)14/h3-6,15H,2,7H2,1H3,(H,16,17). The van der Waals surface area contributed by atoms with Gasteiger partial charge < -0.3 is 5.32 Å². The lowest BCUT2D eigenvalue weighted by atomic mass is 10.1. The molecular formula is C12H13F2N3. The van der Waals surface area contributed by atoms with Crippen LogP contribution in [0.2, 0.25) is 0 Å². The highest BCUT2D eigenvalue weighted by atomic mass is 19.2. The Hall–Kier alpha value is -1.75. The highest BCUT2D eigenvalue weighted by Crippen LogP contribution is 2.22. The van der Waals surface area contributed by atoms with E-state index in [-0.39, 0.29) is 5.56 Å². The molecule has 3 nitrogen and oxygen atoms in total. The van der Waals surface area contributed by atoms with Crippen molar-refractivity contribution in [1.82, 2.24) is 15.5 Å². The average molecular weight is 237 g/mol. The third kappa shape index (κ3) is 2.50. The molecule has 1 heterocycles. The van der Waals surface area contributed by atoms with Crippen molar-refractivity contribution in [2.45, 2.75) is 13.5 Å². The molecule has 0 atom stereocenters. The van der Waals surface area contributed by atoms with Crippen LogP contribution in [-0.2, 0) is 6.54 Å². The first-order chi connectivity index (χ1) is 8.22. The third-order valence-corrected chi connectivity index (χ3v) is 2.42. The minimum Gasteiger partial charge on any atom is -0.311 e. The molecule has 2 rings (SSSR count). The van der Waals surface area contributed by atoms with Crippen LogP contribution >= 0.6 is 0 Å². The monoisotopic (exact) mass is 237 g/mol. The summed E-state index contributed by atoms with van der Waals surface area (Å²) < 4.78 is 26.6. The van der Waals surface area contributed by atoms with Gasteiger partial charge in [0.1, 0.15) is 0 Å². The number of aromatic nitrogens is 2. The van der Waals surface area contributed by atoms with Crippen LogP contribution in [-0.4, -0.2) is 16.7 Å². The first-order valence-electron chi connectivity index (χ1n) is 5.41. The zero-order valence-corrected chi connectivity index (χ0v) is 9.43. The summed E-state index contributed by atoms with van der Waals surface area (Å²) in [5.74, 6) is -1.73. The van der Waals surface area contributed by atoms with E-state index in [0.29, 0.717) is 12.2 Å². The van der Waals surface area contributed by atoms with Gasteiger partial charge in [0.2, 0.25) is 0 Å². The summed E-state index contributed by atoms with van der Waals surface area (Å²) in [6.45, 7) is 3.45. The van der Waals surface area contributed by atoms with E-state index >= 15 is 0 Å². The van der Waals surface area contributed by atoms with Crippen LogP contribution < -0.4 is 5.32 Å². The Morgan fingerprint density at radius 3 is 2.94 bits per heavy atom. The van der Waals surface area contributed by atoms with E-state index in [2.05, 4.69) is 15.5 Å². The van der Waals surface area contributed by atoms with Crippen molar-refractivity contribution in [3.05, 3.63) is 41.6 Å². The van der Waals surface area contributed by atoms with E-state index in [0.717, 1.165) is 18.3 Å². The molecule has 0 saturated carbocycles. The Morgan fingerprint density at radius 2 is 2.18 bits per heavy atom. The molecule has 0 radical (unpaired) electrons. The topological polar surface area (TPSA) is 40.7 Å². The summed E-state index contributed by atoms with van der Waals surface area (Å²) in [5, 5.41) is 9.87. The zero-order valence-electron chi connectivity index (χ0n) is 9.43. The van der Waals surface area contributed by atoms with Gasteiger partial charge in [-0.2, -0.15) is 5.10 Å². The molecular weight excluding hydrogens is 224 g/mol. The average Bonchev–Trinajstić information content (AvgIpc) is 2.78. The van der Waals surface area contributed by atoms with Gasteiger partial charge in [-0.05, 0) is 24.7 Å². The van der Waals surface area contributed by atoms with Crippen molar-refractivity contribution in [3.63, 3.8) is 0 Å². The van der Waals surface area contributed by atoms with Gasteiger partial charge in [-0.25, -0.2) is 8.78 Å². The first-order valence-corrected chi connectivity index (χ1v) is 5.41. The Kier molecular flexibility index (Phi) is 3.49. The van der Waals surface area contributed by atoms with E-state index in [1.165, 1.54) is 12.1 Å². The fraction of sp³-hybridized carbons (Fsp3) is 0.250. The van der Waals surface area contributed by atoms with Gasteiger partial charge in [0.05, 0.1) is 5.69 Å². The molecule has 17 heavy (non-hydrogen) atoms. The Bertz CT molecular complexity index is 508. The molecule has 0 aliphatic heterocycles. The first kappa shape index (κ1) is 11.7. The molecule has 0 amide bonds. The fourth-order valence-corrected chi connectivity index (χ4v) is 1.55. The van der Waals surface area contributed by atoms with Crippen molar-refractivity contribution in [1.29, 1.82) is 0 Å². The third-order valence-electron chi connectivity index (χ3n) is 2.42. The highest BCUT2D eigenvalue weighted by molar-refractivity contribution is 5.60. The predicted molar refractivity (Wildman–Crippen MR) is 61.3 cm³/mol. The van der Waals surface area contributed by atoms with Crippen LogP contribution in [0.5, 0.6) is 0 Å². The fourth-order valence-electron chi connectivity index (χ4n) is 1.55. The number of benzene rings is 1. The smallest absolute Gasteiger partial charge is 0.168 e. The molecule has 0 saturated heterocycles. The number of hydrogen-bond donors (Lipinski definition) is 2. The maximum atomic E-state index is 13.5. The van der Waals surface area contributed by atoms with Gasteiger partial charge in [-0.15, -0.1) is 0 Å². The van der Waals surface area contributed by atoms with Crippen molar-refractivity contribution in [2.75, 3.05) is 6.54 Å². The summed E-state index contributed by atoms with van der Waals surface area (Å²) in [6.07, 6.45) is 0. The number of H-pyrrole nitrogens is 1. The van der Waals surface area contributed by atoms with Gasteiger partial charge in [0.25, 0.3) is 0 Å². The van der Waals surface area contributed by atoms with E-state index in [1.807, 2.05) is 6.92 Å². The van der Waals surface area contributed by atoms with Crippen molar-refractivity contribution < 1.29 is 8.78 Å². The number of nitrogens with one attached hydrogen (secondary N) is 2. The SMILES string of the molecule is CCNCc1cc(-c2cccc(F)c2F)n[nH]1. The maximum absolute atomic E-state index is 13.5. The summed E-state index contributed by atoms with van der Waals surface area (Å²) in [7, 11) is 0. The van der Waals surface area contributed by atoms with Gasteiger partial charge >= 0.3 is 0 Å². The lowest BCUT2D eigenvalue weighted by molar-refractivity contribution is 0.511. The second-order valence-electron chi connectivity index (χ2n) is 3.66. The molecule has 0 aliphatic carbocycles. The quantitative estimate of drug-likeness (QED) is 0.857. The van der Waals surface area contributed by atoms with E-state index < -0.39 is 11.6 Å². The lowest BCUT2D eigenvalue weighted by Gasteiger charge is -1.99. The molecule has 0 fully saturated rings. The van der Waals surface area contributed by atoms with E-state index in [4.69, 9.17) is 0 Å². The lowest BCUT2D eigenvalue weighted by Crippen LogP contribution is -2.11. The number of nitrogens with zero attached hydrogens (tertiary/aromatic N) is 1. The molecule has 1 aromatic heterocycles. The Balaban J connectivity index is 2.27. The van der Waals surface area contributed by atoms with Crippen LogP contribution in [0.15, 0.2) is 24.3 Å². The van der Waals surface area contributed by atoms with Gasteiger partial charge in [-0.1, -0.05) is 13.0 Å². The number of rotatable bonds is 4. The summed E-state index contributed by atoms with van der Waals surface area (Å²) in [4.78, 5) is 0. The number of halogens is 2. The number of hydrogen-bond acceptors (Lipinski definition) is 2. The summed E-state index contributed by atoms with van der Waals surface area (Å²) in [5.41, 5.74) is 1.42. The second-order valence-corrected chi connectivity index (χ2v) is 3.66. The largest absolute Gasteiger partial charge is 0.311 e. The molecule has 5 heteroatoms. The second kappa shape index (κ2) is 5.05. The Labute approximate surface area is 97.9 Å². The molecule has 2 aromatic rings. The van der Waals surface area contributed by atoms with E-state index in [1.54, 1.807) is 6.07 Å². The minimum absolute atomic E-state index is 0.170. The number of aromatic amines is 1. The van der Waals surface area contributed by atoms with Crippen LogP contribution in [0.4, 0.5) is 8.78 Å². The normalized spacial score (nSPS) is 10.8. The van der Waals surface area contributed by atoms with Crippen molar-refractivity contribution in [2.24, 2.45) is 0 Å². The zero-order chi connectivity index (χ0) is 12.3. The van der Waals surface area contributed by atoms with Crippen LogP contribution in [0.3, 0.4) is 0 Å². The van der Waals surface area contributed by atoms with Crippen molar-refractivity contribution in [3.8, 4) is 11.3 Å². The van der Waals surface area contributed by atoms with Gasteiger partial charge in [0.15, 0.2) is 11.6 Å². The van der Waals surface area contributed by atoms with Crippen molar-refractivity contribution >= 4 is 0 Å². The van der Waals surface area contributed by atoms with Gasteiger partial charge in [-0.3, -0.25) is 5.10 Å². The summed E-state index contributed by atoms with van der Waals surface area (Å²) in [6, 6.07) is 5.77. The maximum Gasteiger partial charge on any atom is 0.168 e. The molecule has 1 aromatic carbocycles. The molecule has 0 aliphatic rings.